The molecule has 5 rings (SSSR count). The lowest BCUT2D eigenvalue weighted by molar-refractivity contribution is -0.137. The Bertz CT molecular complexity index is 1690. The number of halogens is 3. The monoisotopic (exact) mass is 638 g/mol. The third kappa shape index (κ3) is 7.53. The van der Waals surface area contributed by atoms with Gasteiger partial charge in [0, 0.05) is 63.6 Å². The lowest BCUT2D eigenvalue weighted by Crippen LogP contribution is -2.45. The lowest BCUT2D eigenvalue weighted by Gasteiger charge is -2.32. The zero-order valence-corrected chi connectivity index (χ0v) is 27.0. The van der Waals surface area contributed by atoms with E-state index in [0.717, 1.165) is 66.2 Å². The van der Waals surface area contributed by atoms with Gasteiger partial charge < -0.3 is 25.6 Å². The summed E-state index contributed by atoms with van der Waals surface area (Å²) in [5.74, 6) is 0.866. The van der Waals surface area contributed by atoms with Gasteiger partial charge in [0.25, 0.3) is 0 Å². The molecule has 1 saturated heterocycles. The fourth-order valence-electron chi connectivity index (χ4n) is 5.34. The molecule has 3 N–H and O–H groups in total. The smallest absolute Gasteiger partial charge is 0.416 e. The van der Waals surface area contributed by atoms with E-state index < -0.39 is 17.8 Å². The van der Waals surface area contributed by atoms with E-state index in [-0.39, 0.29) is 23.5 Å². The Morgan fingerprint density at radius 2 is 1.65 bits per heavy atom. The summed E-state index contributed by atoms with van der Waals surface area (Å²) in [5, 5.41) is 13.9. The Morgan fingerprint density at radius 3 is 2.28 bits per heavy atom. The van der Waals surface area contributed by atoms with Gasteiger partial charge in [-0.25, -0.2) is 14.5 Å². The van der Waals surface area contributed by atoms with Crippen LogP contribution >= 0.6 is 0 Å². The quantitative estimate of drug-likeness (QED) is 0.210. The van der Waals surface area contributed by atoms with Crippen molar-refractivity contribution in [2.75, 3.05) is 69.4 Å². The van der Waals surface area contributed by atoms with Crippen LogP contribution in [-0.2, 0) is 18.6 Å². The number of likely N-dealkylation sites (N-methyl/N-ethyl adjacent to an activating group) is 1. The predicted octanol–water partition coefficient (Wildman–Crippen LogP) is 6.26. The summed E-state index contributed by atoms with van der Waals surface area (Å²) >= 11 is 0. The standard InChI is InChI=1S/C33H41F3N8O2/c1-32(2,3)27-20-24(28-29(37-4)41-43(6)30(28)40-27)21-7-10-23(11-8-21)38-31(45)39-25-19-22(33(34,35)36)9-12-26(25)46-18-17-44-15-13-42(5)14-16-44/h7-12,19-20H,13-18H2,1-6H3,(H,37,41)(H2,38,39,45). The van der Waals surface area contributed by atoms with Crippen LogP contribution in [0.25, 0.3) is 22.2 Å². The van der Waals surface area contributed by atoms with Crippen LogP contribution in [0.15, 0.2) is 48.5 Å². The maximum atomic E-state index is 13.5. The topological polar surface area (TPSA) is 99.6 Å². The highest BCUT2D eigenvalue weighted by Gasteiger charge is 2.31. The zero-order chi connectivity index (χ0) is 33.2. The number of pyridine rings is 1. The Balaban J connectivity index is 1.33. The van der Waals surface area contributed by atoms with Crippen molar-refractivity contribution < 1.29 is 22.7 Å². The molecule has 2 amide bonds. The number of nitrogens with one attached hydrogen (secondary N) is 3. The normalized spacial score (nSPS) is 14.8. The zero-order valence-electron chi connectivity index (χ0n) is 27.0. The fraction of sp³-hybridized carbons (Fsp3) is 0.424. The molecule has 0 aliphatic carbocycles. The summed E-state index contributed by atoms with van der Waals surface area (Å²) in [6, 6.07) is 11.7. The van der Waals surface area contributed by atoms with Crippen LogP contribution in [0.1, 0.15) is 32.0 Å². The van der Waals surface area contributed by atoms with Gasteiger partial charge in [0.05, 0.1) is 16.6 Å². The number of alkyl halides is 3. The molecule has 4 aromatic rings. The first-order chi connectivity index (χ1) is 21.7. The molecule has 0 spiro atoms. The molecule has 10 nitrogen and oxygen atoms in total. The number of amides is 2. The van der Waals surface area contributed by atoms with E-state index in [1.165, 1.54) is 6.07 Å². The summed E-state index contributed by atoms with van der Waals surface area (Å²) in [6.45, 7) is 10.9. The van der Waals surface area contributed by atoms with E-state index in [0.29, 0.717) is 18.1 Å². The number of aryl methyl sites for hydroxylation is 1. The van der Waals surface area contributed by atoms with Gasteiger partial charge in [0.2, 0.25) is 0 Å². The Kier molecular flexibility index (Phi) is 9.45. The number of nitrogens with zero attached hydrogens (tertiary/aromatic N) is 5. The van der Waals surface area contributed by atoms with E-state index in [1.807, 2.05) is 26.2 Å². The first-order valence-corrected chi connectivity index (χ1v) is 15.2. The van der Waals surface area contributed by atoms with Crippen molar-refractivity contribution in [3.8, 4) is 16.9 Å². The average molecular weight is 639 g/mol. The molecule has 0 bridgehead atoms. The van der Waals surface area contributed by atoms with E-state index in [2.05, 4.69) is 64.7 Å². The minimum atomic E-state index is -4.58. The van der Waals surface area contributed by atoms with E-state index in [4.69, 9.17) is 9.72 Å². The van der Waals surface area contributed by atoms with Crippen molar-refractivity contribution in [2.24, 2.45) is 7.05 Å². The molecule has 0 atom stereocenters. The van der Waals surface area contributed by atoms with Gasteiger partial charge in [-0.15, -0.1) is 0 Å². The third-order valence-electron chi connectivity index (χ3n) is 8.07. The number of benzene rings is 2. The van der Waals surface area contributed by atoms with Crippen LogP contribution in [0.4, 0.5) is 35.2 Å². The fourth-order valence-corrected chi connectivity index (χ4v) is 5.34. The van der Waals surface area contributed by atoms with Crippen molar-refractivity contribution >= 4 is 34.3 Å². The van der Waals surface area contributed by atoms with Gasteiger partial charge in [-0.05, 0) is 54.6 Å². The van der Waals surface area contributed by atoms with E-state index in [1.54, 1.807) is 16.8 Å². The molecule has 1 aliphatic heterocycles. The highest BCUT2D eigenvalue weighted by molar-refractivity contribution is 6.03. The minimum absolute atomic E-state index is 0.0626. The van der Waals surface area contributed by atoms with Gasteiger partial charge in [-0.1, -0.05) is 32.9 Å². The Hall–Kier alpha value is -4.36. The first kappa shape index (κ1) is 33.0. The first-order valence-electron chi connectivity index (χ1n) is 15.2. The number of urea groups is 1. The molecule has 13 heteroatoms. The predicted molar refractivity (Wildman–Crippen MR) is 176 cm³/mol. The summed E-state index contributed by atoms with van der Waals surface area (Å²) in [5.41, 5.74) is 2.80. The van der Waals surface area contributed by atoms with Crippen molar-refractivity contribution in [1.82, 2.24) is 24.6 Å². The number of aromatic nitrogens is 3. The Labute approximate surface area is 266 Å². The number of carbonyl (C=O) groups is 1. The second kappa shape index (κ2) is 13.2. The van der Waals surface area contributed by atoms with Gasteiger partial charge >= 0.3 is 12.2 Å². The van der Waals surface area contributed by atoms with Gasteiger partial charge in [0.1, 0.15) is 12.4 Å². The molecular weight excluding hydrogens is 597 g/mol. The van der Waals surface area contributed by atoms with Crippen molar-refractivity contribution in [1.29, 1.82) is 0 Å². The molecule has 246 valence electrons. The van der Waals surface area contributed by atoms with Gasteiger partial charge in [-0.2, -0.15) is 18.3 Å². The van der Waals surface area contributed by atoms with E-state index in [9.17, 15) is 18.0 Å². The molecular formula is C33H41F3N8O2. The second-order valence-corrected chi connectivity index (χ2v) is 12.6. The van der Waals surface area contributed by atoms with Crippen molar-refractivity contribution in [3.63, 3.8) is 0 Å². The molecule has 46 heavy (non-hydrogen) atoms. The number of piperazine rings is 1. The van der Waals surface area contributed by atoms with Gasteiger partial charge in [0.15, 0.2) is 11.5 Å². The Morgan fingerprint density at radius 1 is 0.957 bits per heavy atom. The number of hydrogen-bond acceptors (Lipinski definition) is 7. The number of ether oxygens (including phenoxy) is 1. The third-order valence-corrected chi connectivity index (χ3v) is 8.07. The summed E-state index contributed by atoms with van der Waals surface area (Å²) in [4.78, 5) is 22.4. The van der Waals surface area contributed by atoms with Crippen LogP contribution in [0.5, 0.6) is 5.75 Å². The molecule has 2 aromatic carbocycles. The molecule has 1 aliphatic rings. The number of rotatable bonds is 8. The highest BCUT2D eigenvalue weighted by atomic mass is 19.4. The minimum Gasteiger partial charge on any atom is -0.490 e. The van der Waals surface area contributed by atoms with Crippen LogP contribution in [0.2, 0.25) is 0 Å². The SMILES string of the molecule is CNc1nn(C)c2nc(C(C)(C)C)cc(-c3ccc(NC(=O)Nc4cc(C(F)(F)F)ccc4OCCN4CCN(C)CC4)cc3)c12. The maximum Gasteiger partial charge on any atom is 0.416 e. The summed E-state index contributed by atoms with van der Waals surface area (Å²) < 4.78 is 48.2. The average Bonchev–Trinajstić information content (AvgIpc) is 3.33. The van der Waals surface area contributed by atoms with E-state index >= 15 is 0 Å². The largest absolute Gasteiger partial charge is 0.490 e. The second-order valence-electron chi connectivity index (χ2n) is 12.6. The number of anilines is 3. The maximum absolute atomic E-state index is 13.5. The summed E-state index contributed by atoms with van der Waals surface area (Å²) in [6.07, 6.45) is -4.58. The number of carbonyl (C=O) groups excluding carboxylic acids is 1. The number of hydrogen-bond donors (Lipinski definition) is 3. The van der Waals surface area contributed by atoms with Crippen LogP contribution < -0.4 is 20.7 Å². The molecule has 0 saturated carbocycles. The van der Waals surface area contributed by atoms with Crippen LogP contribution in [0.3, 0.4) is 0 Å². The van der Waals surface area contributed by atoms with Crippen molar-refractivity contribution in [3.05, 3.63) is 59.8 Å². The van der Waals surface area contributed by atoms with Crippen LogP contribution in [0, 0.1) is 0 Å². The van der Waals surface area contributed by atoms with Gasteiger partial charge in [-0.3, -0.25) is 4.90 Å². The number of fused-ring (bicyclic) bond motifs is 1. The lowest BCUT2D eigenvalue weighted by atomic mass is 9.89. The molecule has 3 heterocycles. The van der Waals surface area contributed by atoms with Crippen molar-refractivity contribution in [2.45, 2.75) is 32.4 Å². The van der Waals surface area contributed by atoms with Crippen LogP contribution in [-0.4, -0.2) is 84.0 Å². The summed E-state index contributed by atoms with van der Waals surface area (Å²) in [7, 11) is 5.73. The molecule has 0 radical (unpaired) electrons. The molecule has 2 aromatic heterocycles. The molecule has 0 unspecified atom stereocenters. The highest BCUT2D eigenvalue weighted by Crippen LogP contribution is 2.37. The molecule has 1 fully saturated rings.